The molecule has 0 amide bonds. The van der Waals surface area contributed by atoms with Gasteiger partial charge in [-0.15, -0.1) is 0 Å². The van der Waals surface area contributed by atoms with Gasteiger partial charge < -0.3 is 0 Å². The quantitative estimate of drug-likeness (QED) is 0.191. The van der Waals surface area contributed by atoms with Gasteiger partial charge in [0.2, 0.25) is 0 Å². The van der Waals surface area contributed by atoms with Gasteiger partial charge in [-0.2, -0.15) is 0 Å². The summed E-state index contributed by atoms with van der Waals surface area (Å²) in [6.07, 6.45) is -4.45. The van der Waals surface area contributed by atoms with E-state index in [2.05, 4.69) is 20.2 Å². The molecule has 4 aromatic rings. The zero-order valence-electron chi connectivity index (χ0n) is 17.8. The van der Waals surface area contributed by atoms with Gasteiger partial charge in [-0.05, 0) is 0 Å². The van der Waals surface area contributed by atoms with Crippen molar-refractivity contribution >= 4 is 36.7 Å². The molecule has 0 atom stereocenters. The number of halogens is 5. The molecule has 0 saturated carbocycles. The molecule has 0 unspecified atom stereocenters. The molecular formula is C27H20BrF4OP. The van der Waals surface area contributed by atoms with E-state index < -0.39 is 28.6 Å². The van der Waals surface area contributed by atoms with E-state index in [1.807, 2.05) is 91.0 Å². The van der Waals surface area contributed by atoms with Gasteiger partial charge in [0, 0.05) is 0 Å². The predicted molar refractivity (Wildman–Crippen MR) is 134 cm³/mol. The van der Waals surface area contributed by atoms with E-state index >= 15 is 0 Å². The van der Waals surface area contributed by atoms with Crippen molar-refractivity contribution in [1.29, 1.82) is 0 Å². The maximum atomic E-state index is 14.5. The van der Waals surface area contributed by atoms with Crippen LogP contribution in [0, 0.1) is 0 Å². The first-order chi connectivity index (χ1) is 16.2. The van der Waals surface area contributed by atoms with Gasteiger partial charge in [0.15, 0.2) is 0 Å². The molecule has 0 fully saturated rings. The summed E-state index contributed by atoms with van der Waals surface area (Å²) in [5, 5.41) is -0.747. The number of rotatable bonds is 5. The molecule has 0 aromatic heterocycles. The molecule has 0 radical (unpaired) electrons. The predicted octanol–water partition coefficient (Wildman–Crippen LogP) is 7.10. The van der Waals surface area contributed by atoms with Crippen molar-refractivity contribution in [2.75, 3.05) is 0 Å². The summed E-state index contributed by atoms with van der Waals surface area (Å²) < 4.78 is 62.1. The van der Waals surface area contributed by atoms with Crippen LogP contribution < -0.4 is 20.7 Å². The first-order valence-corrected chi connectivity index (χ1v) is 15.1. The SMILES string of the molecule is FC1(F)Oc2c(CP(Br)(c3ccccc3)(c3ccccc3)c3ccccc3)cccc2C1(F)F. The molecule has 4 aromatic carbocycles. The van der Waals surface area contributed by atoms with Gasteiger partial charge in [-0.25, -0.2) is 0 Å². The molecule has 0 saturated heterocycles. The van der Waals surface area contributed by atoms with Crippen LogP contribution in [-0.4, -0.2) is 6.11 Å². The summed E-state index contributed by atoms with van der Waals surface area (Å²) in [5.41, 5.74) is -0.498. The van der Waals surface area contributed by atoms with E-state index in [0.717, 1.165) is 22.0 Å². The molecule has 34 heavy (non-hydrogen) atoms. The standard InChI is InChI=1S/C27H20BrF4OP/c28-34(21-12-4-1-5-13-21,22-14-6-2-7-15-22,23-16-8-3-9-17-23)19-20-11-10-18-24-25(20)33-27(31,32)26(24,29)30/h1-18H,19H2. The van der Waals surface area contributed by atoms with Crippen LogP contribution in [0.3, 0.4) is 0 Å². The average Bonchev–Trinajstić information content (AvgIpc) is 3.05. The van der Waals surface area contributed by atoms with Crippen molar-refractivity contribution in [2.45, 2.75) is 18.2 Å². The van der Waals surface area contributed by atoms with Crippen LogP contribution in [0.2, 0.25) is 0 Å². The first-order valence-electron chi connectivity index (χ1n) is 10.6. The number of benzene rings is 4. The summed E-state index contributed by atoms with van der Waals surface area (Å²) in [4.78, 5) is 0. The van der Waals surface area contributed by atoms with Gasteiger partial charge >= 0.3 is 203 Å². The van der Waals surface area contributed by atoms with E-state index in [0.29, 0.717) is 5.56 Å². The Bertz CT molecular complexity index is 1230. The third-order valence-corrected chi connectivity index (χ3v) is 15.9. The van der Waals surface area contributed by atoms with Gasteiger partial charge in [-0.1, -0.05) is 0 Å². The maximum absolute atomic E-state index is 14.5. The number of para-hydroxylation sites is 1. The fourth-order valence-corrected chi connectivity index (χ4v) is 12.3. The van der Waals surface area contributed by atoms with Crippen LogP contribution in [0.15, 0.2) is 109 Å². The Morgan fingerprint density at radius 2 is 1.06 bits per heavy atom. The Hall–Kier alpha value is -2.69. The molecule has 0 N–H and O–H groups in total. The molecule has 5 rings (SSSR count). The average molecular weight is 547 g/mol. The van der Waals surface area contributed by atoms with E-state index in [9.17, 15) is 17.6 Å². The monoisotopic (exact) mass is 546 g/mol. The summed E-state index contributed by atoms with van der Waals surface area (Å²) >= 11 is 4.22. The Labute approximate surface area is 203 Å². The molecule has 0 spiro atoms. The molecule has 1 aliphatic rings. The molecule has 7 heteroatoms. The molecule has 174 valence electrons. The summed E-state index contributed by atoms with van der Waals surface area (Å²) in [6.45, 7) is 0. The summed E-state index contributed by atoms with van der Waals surface area (Å²) in [5.74, 6) is -4.86. The second-order valence-corrected chi connectivity index (χ2v) is 17.3. The fraction of sp³-hybridized carbons (Fsp3) is 0.111. The van der Waals surface area contributed by atoms with Crippen molar-refractivity contribution in [3.63, 3.8) is 0 Å². The Kier molecular flexibility index (Phi) is 5.38. The number of ether oxygens (including phenoxy) is 1. The number of alkyl halides is 4. The van der Waals surface area contributed by atoms with E-state index in [1.54, 1.807) is 6.07 Å². The number of hydrogen-bond acceptors (Lipinski definition) is 1. The van der Waals surface area contributed by atoms with Crippen molar-refractivity contribution < 1.29 is 22.3 Å². The van der Waals surface area contributed by atoms with E-state index in [-0.39, 0.29) is 6.16 Å². The van der Waals surface area contributed by atoms with E-state index in [1.165, 1.54) is 6.07 Å². The normalized spacial score (nSPS) is 17.3. The Morgan fingerprint density at radius 3 is 1.50 bits per heavy atom. The molecule has 1 aliphatic heterocycles. The zero-order valence-corrected chi connectivity index (χ0v) is 20.3. The Morgan fingerprint density at radius 1 is 0.618 bits per heavy atom. The molecule has 0 aliphatic carbocycles. The second-order valence-electron chi connectivity index (χ2n) is 8.33. The van der Waals surface area contributed by atoms with Crippen molar-refractivity contribution in [1.82, 2.24) is 0 Å². The fourth-order valence-electron chi connectivity index (χ4n) is 4.68. The first kappa shape index (κ1) is 23.1. The van der Waals surface area contributed by atoms with Gasteiger partial charge in [0.05, 0.1) is 0 Å². The molecule has 1 heterocycles. The van der Waals surface area contributed by atoms with Crippen molar-refractivity contribution in [2.24, 2.45) is 0 Å². The number of hydrogen-bond donors (Lipinski definition) is 0. The van der Waals surface area contributed by atoms with E-state index in [4.69, 9.17) is 0 Å². The van der Waals surface area contributed by atoms with Crippen LogP contribution in [0.5, 0.6) is 5.75 Å². The second kappa shape index (κ2) is 7.93. The minimum absolute atomic E-state index is 0.166. The number of fused-ring (bicyclic) bond motifs is 1. The van der Waals surface area contributed by atoms with Crippen LogP contribution in [0.1, 0.15) is 11.1 Å². The molecule has 0 bridgehead atoms. The third-order valence-electron chi connectivity index (χ3n) is 6.38. The summed E-state index contributed by atoms with van der Waals surface area (Å²) in [6, 6.07) is 33.1. The van der Waals surface area contributed by atoms with Crippen molar-refractivity contribution in [3.05, 3.63) is 120 Å². The van der Waals surface area contributed by atoms with Gasteiger partial charge in [0.25, 0.3) is 0 Å². The third kappa shape index (κ3) is 3.23. The minimum atomic E-state index is -4.61. The van der Waals surface area contributed by atoms with Crippen LogP contribution in [0.25, 0.3) is 0 Å². The van der Waals surface area contributed by atoms with Crippen molar-refractivity contribution in [3.8, 4) is 5.75 Å². The van der Waals surface area contributed by atoms with Gasteiger partial charge in [0.1, 0.15) is 0 Å². The van der Waals surface area contributed by atoms with Crippen LogP contribution in [-0.2, 0) is 12.1 Å². The molecule has 1 nitrogen and oxygen atoms in total. The molecular weight excluding hydrogens is 527 g/mol. The van der Waals surface area contributed by atoms with Crippen LogP contribution >= 0.6 is 20.8 Å². The van der Waals surface area contributed by atoms with Gasteiger partial charge in [-0.3, -0.25) is 0 Å². The van der Waals surface area contributed by atoms with Crippen LogP contribution in [0.4, 0.5) is 17.6 Å². The zero-order chi connectivity index (χ0) is 24.1. The summed E-state index contributed by atoms with van der Waals surface area (Å²) in [7, 11) is 0. The topological polar surface area (TPSA) is 9.23 Å². The Balaban J connectivity index is 1.84.